The molecule has 2 saturated heterocycles. The van der Waals surface area contributed by atoms with E-state index < -0.39 is 46.0 Å². The van der Waals surface area contributed by atoms with E-state index >= 15 is 0 Å². The molecule has 4 aromatic carbocycles. The minimum Gasteiger partial charge on any atom is -0.453 e. The standard InChI is InChI=1S/C25H27N3O4.C15H11ClO2.C10H17N3O2/c1-24(2,3)32-23(30)28-13-12-25(15-26,16-28)27-22(29)31-14-21-19-10-6-4-8-17(19)18-9-5-7-11-20(18)21;16-15(17)18-9-14-12-7-3-1-5-10(12)11-6-2-4-8-13(11)14;1-9(2,3)15-8(14)13-5-4-10(12,6-11)7-13/h4-11,21H,12-14,16H2,1-3H3,(H,27,29);1-8,14H,9H2;4-5,7,12H2,1-3H3. The Morgan fingerprint density at radius 3 is 1.40 bits per heavy atom. The molecule has 4 aromatic rings. The molecular formula is C50H55ClN6O8. The number of halogens is 1. The molecule has 14 nitrogen and oxygen atoms in total. The van der Waals surface area contributed by atoms with Crippen LogP contribution in [0.1, 0.15) is 88.5 Å². The third kappa shape index (κ3) is 11.8. The van der Waals surface area contributed by atoms with Crippen LogP contribution in [0, 0.1) is 22.7 Å². The summed E-state index contributed by atoms with van der Waals surface area (Å²) in [5, 5.41) is 21.2. The summed E-state index contributed by atoms with van der Waals surface area (Å²) in [6.45, 7) is 12.3. The summed E-state index contributed by atoms with van der Waals surface area (Å²) in [5.74, 6) is 0.0214. The number of carbonyl (C=O) groups excluding carboxylic acids is 4. The lowest BCUT2D eigenvalue weighted by molar-refractivity contribution is 0.0276. The molecule has 0 spiro atoms. The summed E-state index contributed by atoms with van der Waals surface area (Å²) >= 11 is 5.25. The number of nitriles is 2. The van der Waals surface area contributed by atoms with Gasteiger partial charge in [0.15, 0.2) is 0 Å². The Bertz CT molecular complexity index is 2410. The normalized spacial score (nSPS) is 19.3. The van der Waals surface area contributed by atoms with Crippen LogP contribution in [-0.4, -0.2) is 95.2 Å². The number of carbonyl (C=O) groups is 4. The van der Waals surface area contributed by atoms with Gasteiger partial charge in [0.25, 0.3) is 0 Å². The molecule has 15 heteroatoms. The fourth-order valence-corrected chi connectivity index (χ4v) is 8.40. The number of amides is 3. The van der Waals surface area contributed by atoms with Crippen molar-refractivity contribution < 1.29 is 38.1 Å². The first-order valence-corrected chi connectivity index (χ1v) is 21.8. The van der Waals surface area contributed by atoms with E-state index in [9.17, 15) is 24.4 Å². The first kappa shape index (κ1) is 47.9. The Labute approximate surface area is 385 Å². The summed E-state index contributed by atoms with van der Waals surface area (Å²) in [5.41, 5.74) is 11.1. The maximum atomic E-state index is 12.6. The second-order valence-electron chi connectivity index (χ2n) is 18.5. The van der Waals surface area contributed by atoms with Gasteiger partial charge in [-0.05, 0) is 92.5 Å². The summed E-state index contributed by atoms with van der Waals surface area (Å²) in [6.07, 6.45) is -0.746. The van der Waals surface area contributed by atoms with Crippen LogP contribution in [0.15, 0.2) is 97.1 Å². The van der Waals surface area contributed by atoms with Gasteiger partial charge in [-0.1, -0.05) is 97.1 Å². The van der Waals surface area contributed by atoms with Crippen molar-refractivity contribution in [2.75, 3.05) is 39.4 Å². The number of alkyl carbamates (subject to hydrolysis) is 1. The highest BCUT2D eigenvalue weighted by atomic mass is 35.5. The van der Waals surface area contributed by atoms with E-state index in [-0.39, 0.29) is 38.1 Å². The number of fused-ring (bicyclic) bond motifs is 6. The molecule has 2 unspecified atom stereocenters. The van der Waals surface area contributed by atoms with Gasteiger partial charge in [0.2, 0.25) is 0 Å². The predicted molar refractivity (Wildman–Crippen MR) is 245 cm³/mol. The van der Waals surface area contributed by atoms with Crippen molar-refractivity contribution >= 4 is 35.3 Å². The fraction of sp³-hybridized carbons (Fsp3) is 0.400. The SMILES string of the molecule is CC(C)(C)OC(=O)N1CCC(C#N)(NC(=O)OCC2c3ccccc3-c3ccccc32)C1.CC(C)(C)OC(=O)N1CCC(N)(C#N)C1.O=C(Cl)OCC1c2ccccc2-c2ccccc21. The molecule has 2 heterocycles. The van der Waals surface area contributed by atoms with Crippen LogP contribution in [0.2, 0.25) is 0 Å². The number of ether oxygens (including phenoxy) is 4. The van der Waals surface area contributed by atoms with Gasteiger partial charge in [0.05, 0.1) is 25.2 Å². The lowest BCUT2D eigenvalue weighted by Crippen LogP contribution is -2.50. The summed E-state index contributed by atoms with van der Waals surface area (Å²) in [6, 6.07) is 36.7. The molecule has 8 rings (SSSR count). The topological polar surface area (TPSA) is 197 Å². The van der Waals surface area contributed by atoms with Crippen LogP contribution in [0.5, 0.6) is 0 Å². The van der Waals surface area contributed by atoms with E-state index in [1.807, 2.05) is 66.7 Å². The molecule has 0 saturated carbocycles. The molecule has 0 radical (unpaired) electrons. The number of likely N-dealkylation sites (tertiary alicyclic amines) is 2. The van der Waals surface area contributed by atoms with Gasteiger partial charge in [-0.3, -0.25) is 0 Å². The Kier molecular flexibility index (Phi) is 14.5. The van der Waals surface area contributed by atoms with Crippen LogP contribution in [0.25, 0.3) is 22.3 Å². The molecular weight excluding hydrogens is 848 g/mol. The van der Waals surface area contributed by atoms with Gasteiger partial charge in [-0.15, -0.1) is 0 Å². The van der Waals surface area contributed by atoms with Crippen molar-refractivity contribution in [1.29, 1.82) is 10.5 Å². The molecule has 65 heavy (non-hydrogen) atoms. The van der Waals surface area contributed by atoms with Crippen LogP contribution in [-0.2, 0) is 18.9 Å². The average molecular weight is 903 g/mol. The largest absolute Gasteiger partial charge is 0.453 e. The fourth-order valence-electron chi connectivity index (χ4n) is 8.34. The van der Waals surface area contributed by atoms with Gasteiger partial charge in [-0.2, -0.15) is 10.5 Å². The maximum Gasteiger partial charge on any atom is 0.410 e. The Hall–Kier alpha value is -6.61. The lowest BCUT2D eigenvalue weighted by Gasteiger charge is -2.26. The van der Waals surface area contributed by atoms with E-state index in [0.29, 0.717) is 25.9 Å². The van der Waals surface area contributed by atoms with E-state index in [1.54, 1.807) is 41.5 Å². The van der Waals surface area contributed by atoms with Crippen LogP contribution in [0.4, 0.5) is 19.2 Å². The highest BCUT2D eigenvalue weighted by molar-refractivity contribution is 6.61. The quantitative estimate of drug-likeness (QED) is 0.143. The van der Waals surface area contributed by atoms with Crippen molar-refractivity contribution in [3.63, 3.8) is 0 Å². The second-order valence-corrected chi connectivity index (χ2v) is 18.8. The zero-order valence-electron chi connectivity index (χ0n) is 37.6. The number of hydrogen-bond acceptors (Lipinski definition) is 11. The van der Waals surface area contributed by atoms with Crippen molar-refractivity contribution in [2.45, 2.75) is 88.5 Å². The summed E-state index contributed by atoms with van der Waals surface area (Å²) in [4.78, 5) is 50.3. The molecule has 2 fully saturated rings. The smallest absolute Gasteiger partial charge is 0.410 e. The lowest BCUT2D eigenvalue weighted by atomic mass is 9.98. The molecule has 3 amide bonds. The summed E-state index contributed by atoms with van der Waals surface area (Å²) in [7, 11) is 0. The molecule has 2 aliphatic heterocycles. The first-order valence-electron chi connectivity index (χ1n) is 21.5. The van der Waals surface area contributed by atoms with Gasteiger partial charge in [0, 0.05) is 42.9 Å². The average Bonchev–Trinajstić information content (AvgIpc) is 4.03. The Balaban J connectivity index is 0.000000179. The number of hydrogen-bond donors (Lipinski definition) is 2. The zero-order chi connectivity index (χ0) is 47.2. The van der Waals surface area contributed by atoms with E-state index in [2.05, 4.69) is 47.8 Å². The van der Waals surface area contributed by atoms with Gasteiger partial charge in [-0.25, -0.2) is 19.2 Å². The Morgan fingerprint density at radius 1 is 0.646 bits per heavy atom. The van der Waals surface area contributed by atoms with E-state index in [4.69, 9.17) is 41.5 Å². The number of nitrogens with two attached hydrogens (primary N) is 1. The highest BCUT2D eigenvalue weighted by Crippen LogP contribution is 2.46. The van der Waals surface area contributed by atoms with Gasteiger partial charge < -0.3 is 39.8 Å². The minimum absolute atomic E-state index is 0.0581. The minimum atomic E-state index is -1.19. The monoisotopic (exact) mass is 902 g/mol. The van der Waals surface area contributed by atoms with Crippen molar-refractivity contribution in [3.05, 3.63) is 119 Å². The summed E-state index contributed by atoms with van der Waals surface area (Å²) < 4.78 is 21.1. The maximum absolute atomic E-state index is 12.6. The zero-order valence-corrected chi connectivity index (χ0v) is 38.3. The number of benzene rings is 4. The number of nitrogens with zero attached hydrogens (tertiary/aromatic N) is 4. The molecule has 0 bridgehead atoms. The third-order valence-electron chi connectivity index (χ3n) is 11.3. The third-order valence-corrected chi connectivity index (χ3v) is 11.4. The van der Waals surface area contributed by atoms with E-state index in [1.165, 1.54) is 32.1 Å². The van der Waals surface area contributed by atoms with Gasteiger partial charge in [0.1, 0.15) is 35.5 Å². The number of nitrogens with one attached hydrogen (secondary N) is 1. The molecule has 0 aromatic heterocycles. The Morgan fingerprint density at radius 2 is 1.03 bits per heavy atom. The molecule has 3 N–H and O–H groups in total. The van der Waals surface area contributed by atoms with Gasteiger partial charge >= 0.3 is 23.7 Å². The van der Waals surface area contributed by atoms with Crippen LogP contribution < -0.4 is 11.1 Å². The number of rotatable bonds is 5. The molecule has 2 aliphatic carbocycles. The first-order chi connectivity index (χ1) is 30.7. The molecule has 2 atom stereocenters. The highest BCUT2D eigenvalue weighted by Gasteiger charge is 2.44. The van der Waals surface area contributed by atoms with Crippen LogP contribution in [0.3, 0.4) is 0 Å². The predicted octanol–water partition coefficient (Wildman–Crippen LogP) is 9.45. The molecule has 4 aliphatic rings. The molecule has 340 valence electrons. The van der Waals surface area contributed by atoms with Crippen LogP contribution >= 0.6 is 11.6 Å². The van der Waals surface area contributed by atoms with E-state index in [0.717, 1.165) is 22.3 Å². The van der Waals surface area contributed by atoms with Crippen molar-refractivity contribution in [2.24, 2.45) is 5.73 Å². The van der Waals surface area contributed by atoms with Crippen molar-refractivity contribution in [1.82, 2.24) is 15.1 Å². The van der Waals surface area contributed by atoms with Crippen molar-refractivity contribution in [3.8, 4) is 34.4 Å². The second kappa shape index (κ2) is 19.6.